The van der Waals surface area contributed by atoms with Crippen LogP contribution in [0, 0.1) is 6.92 Å². The Morgan fingerprint density at radius 2 is 2.38 bits per heavy atom. The SMILES string of the molecule is Cc1cnn(C)c1C1(CON)CC1. The molecule has 2 rings (SSSR count). The van der Waals surface area contributed by atoms with Crippen LogP contribution in [-0.2, 0) is 17.3 Å². The second-order valence-corrected chi connectivity index (χ2v) is 3.89. The highest BCUT2D eigenvalue weighted by Crippen LogP contribution is 2.48. The molecule has 1 aliphatic rings. The van der Waals surface area contributed by atoms with Gasteiger partial charge in [-0.2, -0.15) is 5.10 Å². The van der Waals surface area contributed by atoms with E-state index < -0.39 is 0 Å². The van der Waals surface area contributed by atoms with Crippen molar-refractivity contribution < 1.29 is 4.84 Å². The summed E-state index contributed by atoms with van der Waals surface area (Å²) in [5, 5.41) is 4.22. The van der Waals surface area contributed by atoms with Crippen LogP contribution in [0.5, 0.6) is 0 Å². The largest absolute Gasteiger partial charge is 0.304 e. The van der Waals surface area contributed by atoms with Crippen molar-refractivity contribution in [2.45, 2.75) is 25.2 Å². The van der Waals surface area contributed by atoms with Crippen LogP contribution >= 0.6 is 0 Å². The highest BCUT2D eigenvalue weighted by atomic mass is 16.6. The average Bonchev–Trinajstić information content (AvgIpc) is 2.76. The van der Waals surface area contributed by atoms with E-state index in [1.807, 2.05) is 17.9 Å². The number of rotatable bonds is 3. The molecular formula is C9H15N3O. The van der Waals surface area contributed by atoms with Gasteiger partial charge in [-0.05, 0) is 25.3 Å². The van der Waals surface area contributed by atoms with Gasteiger partial charge >= 0.3 is 0 Å². The van der Waals surface area contributed by atoms with Crippen molar-refractivity contribution in [1.29, 1.82) is 0 Å². The predicted molar refractivity (Wildman–Crippen MR) is 49.0 cm³/mol. The molecule has 0 aliphatic heterocycles. The molecule has 1 saturated carbocycles. The fourth-order valence-electron chi connectivity index (χ4n) is 2.07. The maximum absolute atomic E-state index is 5.13. The van der Waals surface area contributed by atoms with Gasteiger partial charge in [-0.1, -0.05) is 0 Å². The summed E-state index contributed by atoms with van der Waals surface area (Å²) < 4.78 is 1.93. The monoisotopic (exact) mass is 181 g/mol. The predicted octanol–water partition coefficient (Wildman–Crippen LogP) is 0.650. The zero-order chi connectivity index (χ0) is 9.47. The first-order valence-corrected chi connectivity index (χ1v) is 4.50. The summed E-state index contributed by atoms with van der Waals surface area (Å²) in [6.07, 6.45) is 4.21. The molecule has 72 valence electrons. The van der Waals surface area contributed by atoms with Crippen molar-refractivity contribution in [3.63, 3.8) is 0 Å². The maximum Gasteiger partial charge on any atom is 0.0791 e. The van der Waals surface area contributed by atoms with E-state index >= 15 is 0 Å². The molecule has 0 radical (unpaired) electrons. The van der Waals surface area contributed by atoms with E-state index in [-0.39, 0.29) is 5.41 Å². The van der Waals surface area contributed by atoms with Gasteiger partial charge in [0.2, 0.25) is 0 Å². The van der Waals surface area contributed by atoms with E-state index in [4.69, 9.17) is 10.7 Å². The molecule has 0 spiro atoms. The lowest BCUT2D eigenvalue weighted by atomic mass is 10.0. The maximum atomic E-state index is 5.13. The van der Waals surface area contributed by atoms with Gasteiger partial charge in [0, 0.05) is 18.2 Å². The Morgan fingerprint density at radius 1 is 1.69 bits per heavy atom. The number of aryl methyl sites for hydroxylation is 2. The summed E-state index contributed by atoms with van der Waals surface area (Å²) in [5.74, 6) is 5.13. The third kappa shape index (κ3) is 1.26. The van der Waals surface area contributed by atoms with Gasteiger partial charge in [0.05, 0.1) is 12.8 Å². The Hall–Kier alpha value is -0.870. The van der Waals surface area contributed by atoms with Crippen LogP contribution < -0.4 is 5.90 Å². The average molecular weight is 181 g/mol. The number of aromatic nitrogens is 2. The van der Waals surface area contributed by atoms with Crippen molar-refractivity contribution in [2.75, 3.05) is 6.61 Å². The molecular weight excluding hydrogens is 166 g/mol. The van der Waals surface area contributed by atoms with Gasteiger partial charge in [-0.25, -0.2) is 5.90 Å². The van der Waals surface area contributed by atoms with E-state index in [1.165, 1.54) is 11.3 Å². The number of hydrogen-bond donors (Lipinski definition) is 1. The molecule has 1 aliphatic carbocycles. The van der Waals surface area contributed by atoms with Crippen LogP contribution in [-0.4, -0.2) is 16.4 Å². The Labute approximate surface area is 77.6 Å². The van der Waals surface area contributed by atoms with E-state index in [2.05, 4.69) is 12.0 Å². The fraction of sp³-hybridized carbons (Fsp3) is 0.667. The molecule has 1 aromatic heterocycles. The first-order chi connectivity index (χ1) is 6.19. The summed E-state index contributed by atoms with van der Waals surface area (Å²) in [5.41, 5.74) is 2.67. The van der Waals surface area contributed by atoms with Gasteiger partial charge in [0.25, 0.3) is 0 Å². The third-order valence-corrected chi connectivity index (χ3v) is 2.84. The lowest BCUT2D eigenvalue weighted by Crippen LogP contribution is -2.22. The van der Waals surface area contributed by atoms with Crippen molar-refractivity contribution in [3.8, 4) is 0 Å². The molecule has 0 saturated heterocycles. The Bertz CT molecular complexity index is 295. The van der Waals surface area contributed by atoms with Crippen LogP contribution in [0.3, 0.4) is 0 Å². The van der Waals surface area contributed by atoms with Gasteiger partial charge < -0.3 is 4.84 Å². The standard InChI is InChI=1S/C9H15N3O/c1-7-5-11-12(2)8(7)9(3-4-9)6-13-10/h5H,3-4,6,10H2,1-2H3. The van der Waals surface area contributed by atoms with Gasteiger partial charge in [0.1, 0.15) is 0 Å². The first kappa shape index (κ1) is 8.72. The second kappa shape index (κ2) is 2.82. The molecule has 1 fully saturated rings. The minimum Gasteiger partial charge on any atom is -0.304 e. The molecule has 4 heteroatoms. The summed E-state index contributed by atoms with van der Waals surface area (Å²) in [6, 6.07) is 0. The van der Waals surface area contributed by atoms with Crippen molar-refractivity contribution in [2.24, 2.45) is 12.9 Å². The van der Waals surface area contributed by atoms with E-state index in [9.17, 15) is 0 Å². The third-order valence-electron chi connectivity index (χ3n) is 2.84. The molecule has 0 amide bonds. The van der Waals surface area contributed by atoms with E-state index in [0.717, 1.165) is 12.8 Å². The van der Waals surface area contributed by atoms with E-state index in [1.54, 1.807) is 0 Å². The van der Waals surface area contributed by atoms with E-state index in [0.29, 0.717) is 6.61 Å². The molecule has 2 N–H and O–H groups in total. The smallest absolute Gasteiger partial charge is 0.0791 e. The lowest BCUT2D eigenvalue weighted by Gasteiger charge is -2.15. The van der Waals surface area contributed by atoms with Crippen LogP contribution in [0.1, 0.15) is 24.1 Å². The van der Waals surface area contributed by atoms with Crippen molar-refractivity contribution in [3.05, 3.63) is 17.5 Å². The van der Waals surface area contributed by atoms with Crippen molar-refractivity contribution >= 4 is 0 Å². The lowest BCUT2D eigenvalue weighted by molar-refractivity contribution is 0.113. The summed E-state index contributed by atoms with van der Waals surface area (Å²) >= 11 is 0. The second-order valence-electron chi connectivity index (χ2n) is 3.89. The van der Waals surface area contributed by atoms with Gasteiger partial charge in [0.15, 0.2) is 0 Å². The minimum absolute atomic E-state index is 0.157. The van der Waals surface area contributed by atoms with Crippen LogP contribution in [0.2, 0.25) is 0 Å². The normalized spacial score (nSPS) is 19.0. The highest BCUT2D eigenvalue weighted by molar-refractivity contribution is 5.31. The Morgan fingerprint density at radius 3 is 2.77 bits per heavy atom. The zero-order valence-corrected chi connectivity index (χ0v) is 8.08. The summed E-state index contributed by atoms with van der Waals surface area (Å²) in [4.78, 5) is 4.76. The van der Waals surface area contributed by atoms with Crippen LogP contribution in [0.4, 0.5) is 0 Å². The zero-order valence-electron chi connectivity index (χ0n) is 8.08. The van der Waals surface area contributed by atoms with Crippen LogP contribution in [0.25, 0.3) is 0 Å². The number of hydrogen-bond acceptors (Lipinski definition) is 3. The number of nitrogens with zero attached hydrogens (tertiary/aromatic N) is 2. The number of nitrogens with two attached hydrogens (primary N) is 1. The van der Waals surface area contributed by atoms with Gasteiger partial charge in [-0.15, -0.1) is 0 Å². The van der Waals surface area contributed by atoms with Crippen LogP contribution in [0.15, 0.2) is 6.20 Å². The Kier molecular flexibility index (Phi) is 1.89. The fourth-order valence-corrected chi connectivity index (χ4v) is 2.07. The molecule has 0 aromatic carbocycles. The first-order valence-electron chi connectivity index (χ1n) is 4.50. The summed E-state index contributed by atoms with van der Waals surface area (Å²) in [6.45, 7) is 2.69. The summed E-state index contributed by atoms with van der Waals surface area (Å²) in [7, 11) is 1.97. The molecule has 0 unspecified atom stereocenters. The minimum atomic E-state index is 0.157. The van der Waals surface area contributed by atoms with Gasteiger partial charge in [-0.3, -0.25) is 4.68 Å². The molecule has 4 nitrogen and oxygen atoms in total. The molecule has 0 atom stereocenters. The topological polar surface area (TPSA) is 53.1 Å². The molecule has 1 aromatic rings. The Balaban J connectivity index is 2.34. The molecule has 1 heterocycles. The molecule has 13 heavy (non-hydrogen) atoms. The molecule has 0 bridgehead atoms. The van der Waals surface area contributed by atoms with Crippen molar-refractivity contribution in [1.82, 2.24) is 9.78 Å². The highest BCUT2D eigenvalue weighted by Gasteiger charge is 2.47. The quantitative estimate of drug-likeness (QED) is 0.696.